The molecule has 0 amide bonds. The fraction of sp³-hybridized carbons (Fsp3) is 0.250. The van der Waals surface area contributed by atoms with Crippen LogP contribution in [-0.2, 0) is 13.1 Å². The summed E-state index contributed by atoms with van der Waals surface area (Å²) in [7, 11) is 2.09. The van der Waals surface area contributed by atoms with Crippen LogP contribution in [0.4, 0.5) is 0 Å². The molecular weight excluding hydrogens is 288 g/mol. The van der Waals surface area contributed by atoms with Crippen molar-refractivity contribution in [3.05, 3.63) is 56.7 Å². The number of nitrogens with two attached hydrogens (primary N) is 1. The molecule has 20 heavy (non-hydrogen) atoms. The second kappa shape index (κ2) is 7.47. The molecule has 0 atom stereocenters. The fourth-order valence-electron chi connectivity index (χ4n) is 1.94. The normalized spacial score (nSPS) is 10.4. The predicted octanol–water partition coefficient (Wildman–Crippen LogP) is 3.34. The summed E-state index contributed by atoms with van der Waals surface area (Å²) in [5.41, 5.74) is 7.64. The van der Waals surface area contributed by atoms with Gasteiger partial charge in [-0.3, -0.25) is 4.90 Å². The maximum atomic E-state index is 6.19. The summed E-state index contributed by atoms with van der Waals surface area (Å²) in [6.45, 7) is 2.07. The maximum absolute atomic E-state index is 6.19. The number of hydrogen-bond acceptors (Lipinski definition) is 3. The van der Waals surface area contributed by atoms with E-state index < -0.39 is 0 Å². The van der Waals surface area contributed by atoms with Gasteiger partial charge in [-0.25, -0.2) is 0 Å². The molecule has 0 spiro atoms. The Balaban J connectivity index is 2.03. The minimum absolute atomic E-state index is 0.394. The lowest BCUT2D eigenvalue weighted by molar-refractivity contribution is 0.322. The van der Waals surface area contributed by atoms with E-state index in [-0.39, 0.29) is 0 Å². The van der Waals surface area contributed by atoms with E-state index in [9.17, 15) is 0 Å². The molecule has 2 rings (SSSR count). The molecule has 0 aliphatic carbocycles. The number of hydrogen-bond donors (Lipinski definition) is 1. The molecule has 1 heterocycles. The Bertz CT molecular complexity index is 625. The van der Waals surface area contributed by atoms with Crippen LogP contribution in [0, 0.1) is 11.8 Å². The summed E-state index contributed by atoms with van der Waals surface area (Å²) in [5, 5.41) is 2.88. The summed E-state index contributed by atoms with van der Waals surface area (Å²) in [4.78, 5) is 3.50. The molecule has 0 unspecified atom stereocenters. The SMILES string of the molecule is CN(Cc1ccccc1Cl)Cc1sccc1C#CCN. The van der Waals surface area contributed by atoms with Gasteiger partial charge in [-0.15, -0.1) is 11.3 Å². The number of benzene rings is 1. The average molecular weight is 305 g/mol. The van der Waals surface area contributed by atoms with Crippen molar-refractivity contribution in [1.29, 1.82) is 0 Å². The first-order valence-electron chi connectivity index (χ1n) is 6.38. The zero-order chi connectivity index (χ0) is 14.4. The molecule has 2 aromatic rings. The van der Waals surface area contributed by atoms with Crippen molar-refractivity contribution in [3.63, 3.8) is 0 Å². The zero-order valence-corrected chi connectivity index (χ0v) is 13.0. The summed E-state index contributed by atoms with van der Waals surface area (Å²) in [6, 6.07) is 9.99. The zero-order valence-electron chi connectivity index (χ0n) is 11.4. The number of rotatable bonds is 4. The highest BCUT2D eigenvalue weighted by molar-refractivity contribution is 7.10. The Morgan fingerprint density at radius 1 is 1.25 bits per heavy atom. The second-order valence-electron chi connectivity index (χ2n) is 4.53. The molecule has 2 nitrogen and oxygen atoms in total. The van der Waals surface area contributed by atoms with Crippen molar-refractivity contribution in [1.82, 2.24) is 4.90 Å². The first-order valence-corrected chi connectivity index (χ1v) is 7.63. The molecule has 0 bridgehead atoms. The van der Waals surface area contributed by atoms with Gasteiger partial charge >= 0.3 is 0 Å². The molecule has 1 aromatic heterocycles. The topological polar surface area (TPSA) is 29.3 Å². The summed E-state index contributed by atoms with van der Waals surface area (Å²) in [6.07, 6.45) is 0. The minimum atomic E-state index is 0.394. The van der Waals surface area contributed by atoms with E-state index in [1.54, 1.807) is 11.3 Å². The van der Waals surface area contributed by atoms with E-state index in [1.807, 2.05) is 24.3 Å². The Morgan fingerprint density at radius 3 is 2.80 bits per heavy atom. The Morgan fingerprint density at radius 2 is 2.05 bits per heavy atom. The van der Waals surface area contributed by atoms with E-state index in [0.717, 1.165) is 29.2 Å². The fourth-order valence-corrected chi connectivity index (χ4v) is 3.04. The van der Waals surface area contributed by atoms with Gasteiger partial charge in [0.2, 0.25) is 0 Å². The van der Waals surface area contributed by atoms with Crippen LogP contribution in [0.2, 0.25) is 5.02 Å². The molecule has 0 aliphatic rings. The molecule has 0 radical (unpaired) electrons. The number of thiophene rings is 1. The molecule has 0 aliphatic heterocycles. The third kappa shape index (κ3) is 4.09. The standard InChI is InChI=1S/C16H17ClN2S/c1-19(11-14-5-2-3-7-15(14)17)12-16-13(6-4-9-18)8-10-20-16/h2-3,5,7-8,10H,9,11-12,18H2,1H3. The monoisotopic (exact) mass is 304 g/mol. The molecule has 0 saturated carbocycles. The number of halogens is 1. The van der Waals surface area contributed by atoms with Gasteiger partial charge < -0.3 is 5.73 Å². The van der Waals surface area contributed by atoms with Gasteiger partial charge in [-0.1, -0.05) is 41.6 Å². The van der Waals surface area contributed by atoms with Crippen LogP contribution in [0.5, 0.6) is 0 Å². The second-order valence-corrected chi connectivity index (χ2v) is 5.93. The van der Waals surface area contributed by atoms with Crippen LogP contribution in [0.3, 0.4) is 0 Å². The Labute approximate surface area is 129 Å². The van der Waals surface area contributed by atoms with Crippen LogP contribution >= 0.6 is 22.9 Å². The molecule has 0 fully saturated rings. The first-order chi connectivity index (χ1) is 9.70. The number of nitrogens with zero attached hydrogens (tertiary/aromatic N) is 1. The third-order valence-electron chi connectivity index (χ3n) is 2.88. The Hall–Kier alpha value is -1.31. The van der Waals surface area contributed by atoms with E-state index in [4.69, 9.17) is 17.3 Å². The van der Waals surface area contributed by atoms with E-state index >= 15 is 0 Å². The Kier molecular flexibility index (Phi) is 5.63. The largest absolute Gasteiger partial charge is 0.320 e. The highest BCUT2D eigenvalue weighted by Gasteiger charge is 2.08. The summed E-state index contributed by atoms with van der Waals surface area (Å²) in [5.74, 6) is 6.02. The minimum Gasteiger partial charge on any atom is -0.320 e. The van der Waals surface area contributed by atoms with Crippen LogP contribution in [-0.4, -0.2) is 18.5 Å². The van der Waals surface area contributed by atoms with Gasteiger partial charge in [0.15, 0.2) is 0 Å². The molecule has 104 valence electrons. The van der Waals surface area contributed by atoms with E-state index in [0.29, 0.717) is 6.54 Å². The predicted molar refractivity (Wildman–Crippen MR) is 86.9 cm³/mol. The van der Waals surface area contributed by atoms with Crippen LogP contribution < -0.4 is 5.73 Å². The third-order valence-corrected chi connectivity index (χ3v) is 4.16. The van der Waals surface area contributed by atoms with Crippen LogP contribution in [0.15, 0.2) is 35.7 Å². The van der Waals surface area contributed by atoms with E-state index in [1.165, 1.54) is 4.88 Å². The van der Waals surface area contributed by atoms with Gasteiger partial charge in [-0.05, 0) is 30.1 Å². The highest BCUT2D eigenvalue weighted by atomic mass is 35.5. The first kappa shape index (κ1) is 15.1. The van der Waals surface area contributed by atoms with Crippen molar-refractivity contribution in [2.75, 3.05) is 13.6 Å². The van der Waals surface area contributed by atoms with Crippen molar-refractivity contribution < 1.29 is 0 Å². The van der Waals surface area contributed by atoms with Gasteiger partial charge in [0.25, 0.3) is 0 Å². The van der Waals surface area contributed by atoms with E-state index in [2.05, 4.69) is 35.2 Å². The molecule has 1 aromatic carbocycles. The van der Waals surface area contributed by atoms with Crippen molar-refractivity contribution in [2.45, 2.75) is 13.1 Å². The molecule has 0 saturated heterocycles. The summed E-state index contributed by atoms with van der Waals surface area (Å²) >= 11 is 7.91. The lowest BCUT2D eigenvalue weighted by Crippen LogP contribution is -2.17. The van der Waals surface area contributed by atoms with Crippen molar-refractivity contribution in [2.24, 2.45) is 5.73 Å². The van der Waals surface area contributed by atoms with Crippen molar-refractivity contribution in [3.8, 4) is 11.8 Å². The smallest absolute Gasteiger partial charge is 0.0555 e. The molecule has 2 N–H and O–H groups in total. The van der Waals surface area contributed by atoms with Crippen LogP contribution in [0.25, 0.3) is 0 Å². The maximum Gasteiger partial charge on any atom is 0.0555 e. The lowest BCUT2D eigenvalue weighted by atomic mass is 10.2. The summed E-state index contributed by atoms with van der Waals surface area (Å²) < 4.78 is 0. The lowest BCUT2D eigenvalue weighted by Gasteiger charge is -2.17. The molecular formula is C16H17ClN2S. The highest BCUT2D eigenvalue weighted by Crippen LogP contribution is 2.21. The van der Waals surface area contributed by atoms with Gasteiger partial charge in [0, 0.05) is 28.6 Å². The quantitative estimate of drug-likeness (QED) is 0.878. The van der Waals surface area contributed by atoms with Crippen molar-refractivity contribution >= 4 is 22.9 Å². The van der Waals surface area contributed by atoms with Crippen LogP contribution in [0.1, 0.15) is 16.0 Å². The molecule has 4 heteroatoms. The average Bonchev–Trinajstić information content (AvgIpc) is 2.86. The van der Waals surface area contributed by atoms with Gasteiger partial charge in [0.05, 0.1) is 6.54 Å². The van der Waals surface area contributed by atoms with Gasteiger partial charge in [0.1, 0.15) is 0 Å². The van der Waals surface area contributed by atoms with Gasteiger partial charge in [-0.2, -0.15) is 0 Å².